The minimum atomic E-state index is -4.01. The Morgan fingerprint density at radius 1 is 1.19 bits per heavy atom. The fraction of sp³-hybridized carbons (Fsp3) is 0.348. The molecule has 0 bridgehead atoms. The van der Waals surface area contributed by atoms with E-state index in [0.717, 1.165) is 26.3 Å². The van der Waals surface area contributed by atoms with Crippen LogP contribution in [-0.2, 0) is 30.9 Å². The quantitative estimate of drug-likeness (QED) is 0.428. The van der Waals surface area contributed by atoms with Gasteiger partial charge in [0.1, 0.15) is 24.2 Å². The van der Waals surface area contributed by atoms with Gasteiger partial charge in [-0.3, -0.25) is 9.59 Å². The van der Waals surface area contributed by atoms with E-state index in [1.165, 1.54) is 31.4 Å². The van der Waals surface area contributed by atoms with E-state index in [4.69, 9.17) is 9.47 Å². The number of fused-ring (bicyclic) bond motifs is 1. The summed E-state index contributed by atoms with van der Waals surface area (Å²) in [5.74, 6) is -2.73. The standard InChI is InChI=1S/C23H23F2N3O6S2/c1-3-34-20(29)13-27-21-17(25)11-14(24)12-19(21)35-23(27)26-22(30)18-5-4-10-28(18)36(31,32)16-8-6-15(33-2)7-9-16/h6-9,11-12,18H,3-5,10,13H2,1-2H3. The Kier molecular flexibility index (Phi) is 7.52. The summed E-state index contributed by atoms with van der Waals surface area (Å²) in [4.78, 5) is 29.4. The molecule has 3 aromatic rings. The lowest BCUT2D eigenvalue weighted by Gasteiger charge is -2.21. The van der Waals surface area contributed by atoms with Crippen LogP contribution in [0.4, 0.5) is 8.78 Å². The molecular weight excluding hydrogens is 516 g/mol. The van der Waals surface area contributed by atoms with Crippen molar-refractivity contribution >= 4 is 43.5 Å². The molecule has 192 valence electrons. The molecule has 1 aliphatic rings. The number of benzene rings is 2. The van der Waals surface area contributed by atoms with Crippen molar-refractivity contribution in [3.63, 3.8) is 0 Å². The van der Waals surface area contributed by atoms with E-state index in [2.05, 4.69) is 4.99 Å². The maximum Gasteiger partial charge on any atom is 0.326 e. The van der Waals surface area contributed by atoms with Crippen molar-refractivity contribution in [2.24, 2.45) is 4.99 Å². The highest BCUT2D eigenvalue weighted by atomic mass is 32.2. The molecule has 1 unspecified atom stereocenters. The van der Waals surface area contributed by atoms with Crippen molar-refractivity contribution < 1.29 is 36.3 Å². The summed E-state index contributed by atoms with van der Waals surface area (Å²) in [6.45, 7) is 1.36. The zero-order valence-corrected chi connectivity index (χ0v) is 21.1. The van der Waals surface area contributed by atoms with Crippen LogP contribution >= 0.6 is 11.3 Å². The molecule has 0 spiro atoms. The Morgan fingerprint density at radius 2 is 1.92 bits per heavy atom. The maximum absolute atomic E-state index is 14.6. The van der Waals surface area contributed by atoms with Gasteiger partial charge >= 0.3 is 5.97 Å². The van der Waals surface area contributed by atoms with Crippen molar-refractivity contribution in [3.05, 3.63) is 52.8 Å². The number of methoxy groups -OCH3 is 1. The Labute approximate surface area is 209 Å². The predicted octanol–water partition coefficient (Wildman–Crippen LogP) is 2.83. The van der Waals surface area contributed by atoms with Gasteiger partial charge in [-0.15, -0.1) is 0 Å². The summed E-state index contributed by atoms with van der Waals surface area (Å²) in [5.41, 5.74) is -0.102. The van der Waals surface area contributed by atoms with Crippen molar-refractivity contribution in [2.75, 3.05) is 20.3 Å². The summed E-state index contributed by atoms with van der Waals surface area (Å²) in [7, 11) is -2.55. The maximum atomic E-state index is 14.6. The Bertz CT molecular complexity index is 1480. The number of esters is 1. The molecule has 1 aromatic heterocycles. The van der Waals surface area contributed by atoms with Gasteiger partial charge in [0.15, 0.2) is 10.6 Å². The first kappa shape index (κ1) is 25.9. The van der Waals surface area contributed by atoms with E-state index in [-0.39, 0.29) is 39.5 Å². The van der Waals surface area contributed by atoms with E-state index < -0.39 is 46.1 Å². The van der Waals surface area contributed by atoms with Gasteiger partial charge in [0.25, 0.3) is 5.91 Å². The van der Waals surface area contributed by atoms with Crippen molar-refractivity contribution in [3.8, 4) is 5.75 Å². The molecule has 36 heavy (non-hydrogen) atoms. The molecule has 0 N–H and O–H groups in total. The predicted molar refractivity (Wildman–Crippen MR) is 127 cm³/mol. The van der Waals surface area contributed by atoms with Crippen LogP contribution in [0, 0.1) is 11.6 Å². The number of sulfonamides is 1. The molecule has 1 fully saturated rings. The highest BCUT2D eigenvalue weighted by molar-refractivity contribution is 7.89. The van der Waals surface area contributed by atoms with Gasteiger partial charge in [-0.1, -0.05) is 11.3 Å². The van der Waals surface area contributed by atoms with E-state index in [1.54, 1.807) is 6.92 Å². The fourth-order valence-corrected chi connectivity index (χ4v) is 6.75. The van der Waals surface area contributed by atoms with Crippen molar-refractivity contribution in [2.45, 2.75) is 37.2 Å². The third kappa shape index (κ3) is 5.04. The summed E-state index contributed by atoms with van der Waals surface area (Å²) in [5, 5.41) is 0. The first-order chi connectivity index (χ1) is 17.1. The first-order valence-corrected chi connectivity index (χ1v) is 13.3. The number of ether oxygens (including phenoxy) is 2. The van der Waals surface area contributed by atoms with Crippen molar-refractivity contribution in [1.29, 1.82) is 0 Å². The van der Waals surface area contributed by atoms with E-state index in [9.17, 15) is 26.8 Å². The minimum absolute atomic E-state index is 0.000200. The number of hydrogen-bond acceptors (Lipinski definition) is 7. The largest absolute Gasteiger partial charge is 0.497 e. The number of rotatable bonds is 7. The average Bonchev–Trinajstić information content (AvgIpc) is 3.45. The molecule has 1 atom stereocenters. The molecule has 0 radical (unpaired) electrons. The lowest BCUT2D eigenvalue weighted by molar-refractivity contribution is -0.143. The van der Waals surface area contributed by atoms with Gasteiger partial charge in [-0.05, 0) is 50.1 Å². The summed E-state index contributed by atoms with van der Waals surface area (Å²) in [6, 6.07) is 6.46. The third-order valence-electron chi connectivity index (χ3n) is 5.65. The number of amides is 1. The Morgan fingerprint density at radius 3 is 2.58 bits per heavy atom. The molecule has 2 heterocycles. The van der Waals surface area contributed by atoms with Gasteiger partial charge in [-0.2, -0.15) is 9.30 Å². The summed E-state index contributed by atoms with van der Waals surface area (Å²) >= 11 is 0.814. The fourth-order valence-electron chi connectivity index (χ4n) is 4.02. The molecule has 1 saturated heterocycles. The monoisotopic (exact) mass is 539 g/mol. The van der Waals surface area contributed by atoms with Crippen molar-refractivity contribution in [1.82, 2.24) is 8.87 Å². The Hall–Kier alpha value is -3.16. The normalized spacial score (nSPS) is 17.0. The Balaban J connectivity index is 1.74. The SMILES string of the molecule is CCOC(=O)Cn1c(=NC(=O)C2CCCN2S(=O)(=O)c2ccc(OC)cc2)sc2cc(F)cc(F)c21. The van der Waals surface area contributed by atoms with Gasteiger partial charge in [-0.25, -0.2) is 17.2 Å². The van der Waals surface area contributed by atoms with Crippen LogP contribution in [0.1, 0.15) is 19.8 Å². The topological polar surface area (TPSA) is 107 Å². The average molecular weight is 540 g/mol. The molecule has 1 aliphatic heterocycles. The van der Waals surface area contributed by atoms with Gasteiger partial charge in [0.2, 0.25) is 10.0 Å². The van der Waals surface area contributed by atoms with Crippen LogP contribution in [0.25, 0.3) is 10.2 Å². The molecular formula is C23H23F2N3O6S2. The van der Waals surface area contributed by atoms with Gasteiger partial charge < -0.3 is 14.0 Å². The van der Waals surface area contributed by atoms with Crippen LogP contribution < -0.4 is 9.54 Å². The number of aromatic nitrogens is 1. The summed E-state index contributed by atoms with van der Waals surface area (Å²) in [6.07, 6.45) is 0.680. The van der Waals surface area contributed by atoms with Gasteiger partial charge in [0.05, 0.1) is 28.8 Å². The zero-order chi connectivity index (χ0) is 26.0. The van der Waals surface area contributed by atoms with E-state index in [1.807, 2.05) is 0 Å². The van der Waals surface area contributed by atoms with Gasteiger partial charge in [0, 0.05) is 12.6 Å². The zero-order valence-electron chi connectivity index (χ0n) is 19.4. The number of nitrogens with zero attached hydrogens (tertiary/aromatic N) is 3. The molecule has 2 aromatic carbocycles. The molecule has 4 rings (SSSR count). The molecule has 13 heteroatoms. The number of thiazole rings is 1. The first-order valence-electron chi connectivity index (χ1n) is 11.0. The molecule has 9 nitrogen and oxygen atoms in total. The highest BCUT2D eigenvalue weighted by Crippen LogP contribution is 2.28. The van der Waals surface area contributed by atoms with Crippen LogP contribution in [0.5, 0.6) is 5.75 Å². The molecule has 1 amide bonds. The molecule has 0 aliphatic carbocycles. The minimum Gasteiger partial charge on any atom is -0.497 e. The van der Waals surface area contributed by atoms with Crippen LogP contribution in [0.3, 0.4) is 0 Å². The second kappa shape index (κ2) is 10.4. The lowest BCUT2D eigenvalue weighted by Crippen LogP contribution is -2.40. The second-order valence-corrected chi connectivity index (χ2v) is 10.8. The number of carbonyl (C=O) groups excluding carboxylic acids is 2. The summed E-state index contributed by atoms with van der Waals surface area (Å²) < 4.78 is 67.3. The number of carbonyl (C=O) groups is 2. The third-order valence-corrected chi connectivity index (χ3v) is 8.60. The number of hydrogen-bond donors (Lipinski definition) is 0. The lowest BCUT2D eigenvalue weighted by atomic mass is 10.2. The molecule has 0 saturated carbocycles. The van der Waals surface area contributed by atoms with E-state index in [0.29, 0.717) is 18.2 Å². The van der Waals surface area contributed by atoms with Crippen LogP contribution in [0.2, 0.25) is 0 Å². The number of halogens is 2. The van der Waals surface area contributed by atoms with E-state index >= 15 is 0 Å². The highest BCUT2D eigenvalue weighted by Gasteiger charge is 2.39. The second-order valence-electron chi connectivity index (χ2n) is 7.91. The van der Waals surface area contributed by atoms with Crippen LogP contribution in [0.15, 0.2) is 46.3 Å². The van der Waals surface area contributed by atoms with Crippen LogP contribution in [-0.4, -0.2) is 55.5 Å². The smallest absolute Gasteiger partial charge is 0.326 e.